The summed E-state index contributed by atoms with van der Waals surface area (Å²) in [6.07, 6.45) is 0.473. The third-order valence-corrected chi connectivity index (χ3v) is 2.01. The van der Waals surface area contributed by atoms with Gasteiger partial charge in [0.2, 0.25) is 0 Å². The summed E-state index contributed by atoms with van der Waals surface area (Å²) in [4.78, 5) is 21.6. The van der Waals surface area contributed by atoms with Crippen LogP contribution in [0.5, 0.6) is 0 Å². The Morgan fingerprint density at radius 3 is 2.69 bits per heavy atom. The molecule has 0 fully saturated rings. The number of carbonyl (C=O) groups is 1. The highest BCUT2D eigenvalue weighted by Gasteiger charge is 2.20. The third-order valence-electron chi connectivity index (χ3n) is 2.01. The number of aryl methyl sites for hydroxylation is 1. The van der Waals surface area contributed by atoms with Crippen molar-refractivity contribution in [1.82, 2.24) is 9.78 Å². The van der Waals surface area contributed by atoms with Crippen LogP contribution in [0.3, 0.4) is 0 Å². The number of rotatable bonds is 3. The highest BCUT2D eigenvalue weighted by molar-refractivity contribution is 5.75. The molecule has 0 aliphatic carbocycles. The van der Waals surface area contributed by atoms with Crippen LogP contribution < -0.4 is 5.56 Å². The van der Waals surface area contributed by atoms with Gasteiger partial charge in [0, 0.05) is 13.1 Å². The minimum Gasteiger partial charge on any atom is -0.481 e. The Morgan fingerprint density at radius 2 is 2.38 bits per heavy atom. The van der Waals surface area contributed by atoms with Crippen LogP contribution in [0.4, 0.5) is 0 Å². The van der Waals surface area contributed by atoms with E-state index in [1.807, 2.05) is 0 Å². The van der Waals surface area contributed by atoms with Gasteiger partial charge in [0.15, 0.2) is 0 Å². The molecule has 0 amide bonds. The average molecular weight is 184 g/mol. The van der Waals surface area contributed by atoms with Crippen LogP contribution in [0, 0.1) is 0 Å². The van der Waals surface area contributed by atoms with Crippen LogP contribution in [0.25, 0.3) is 0 Å². The van der Waals surface area contributed by atoms with Crippen molar-refractivity contribution < 1.29 is 9.90 Å². The Kier molecular flexibility index (Phi) is 2.55. The minimum atomic E-state index is -0.905. The van der Waals surface area contributed by atoms with E-state index in [0.717, 1.165) is 0 Å². The van der Waals surface area contributed by atoms with Crippen LogP contribution in [-0.2, 0) is 11.8 Å². The molecule has 2 N–H and O–H groups in total. The first-order chi connectivity index (χ1) is 6.06. The van der Waals surface area contributed by atoms with Crippen molar-refractivity contribution in [2.45, 2.75) is 19.3 Å². The van der Waals surface area contributed by atoms with Gasteiger partial charge in [-0.15, -0.1) is 0 Å². The molecule has 0 aliphatic heterocycles. The molecule has 1 aromatic rings. The second-order valence-electron chi connectivity index (χ2n) is 2.90. The van der Waals surface area contributed by atoms with Crippen molar-refractivity contribution in [2.24, 2.45) is 7.05 Å². The fourth-order valence-corrected chi connectivity index (χ4v) is 1.34. The Morgan fingerprint density at radius 1 is 1.77 bits per heavy atom. The quantitative estimate of drug-likeness (QED) is 0.709. The molecule has 0 aromatic carbocycles. The predicted molar refractivity (Wildman–Crippen MR) is 46.7 cm³/mol. The average Bonchev–Trinajstić information content (AvgIpc) is 2.31. The van der Waals surface area contributed by atoms with Crippen LogP contribution in [-0.4, -0.2) is 20.9 Å². The normalized spacial score (nSPS) is 12.8. The Balaban J connectivity index is 3.11. The standard InChI is InChI=1S/C8H12N2O3/c1-3-5(8(12)13)6-4-7(11)9-10(6)2/h4-5H,3H2,1-2H3,(H,9,11)(H,12,13). The molecule has 0 spiro atoms. The van der Waals surface area contributed by atoms with E-state index in [0.29, 0.717) is 12.1 Å². The first-order valence-electron chi connectivity index (χ1n) is 4.05. The Bertz CT molecular complexity index is 364. The van der Waals surface area contributed by atoms with Crippen molar-refractivity contribution in [2.75, 3.05) is 0 Å². The Labute approximate surface area is 75.0 Å². The van der Waals surface area contributed by atoms with Gasteiger partial charge in [-0.3, -0.25) is 19.4 Å². The highest BCUT2D eigenvalue weighted by atomic mass is 16.4. The van der Waals surface area contributed by atoms with Gasteiger partial charge in [-0.25, -0.2) is 0 Å². The van der Waals surface area contributed by atoms with E-state index < -0.39 is 11.9 Å². The predicted octanol–water partition coefficient (Wildman–Crippen LogP) is 0.292. The maximum absolute atomic E-state index is 10.9. The van der Waals surface area contributed by atoms with E-state index in [2.05, 4.69) is 5.10 Å². The molecule has 5 heteroatoms. The van der Waals surface area contributed by atoms with Gasteiger partial charge in [0.05, 0.1) is 11.6 Å². The molecule has 0 saturated heterocycles. The van der Waals surface area contributed by atoms with Crippen molar-refractivity contribution in [3.05, 3.63) is 22.1 Å². The summed E-state index contributed by atoms with van der Waals surface area (Å²) in [5.74, 6) is -1.51. The maximum Gasteiger partial charge on any atom is 0.312 e. The van der Waals surface area contributed by atoms with Gasteiger partial charge < -0.3 is 5.11 Å². The third kappa shape index (κ3) is 1.80. The van der Waals surface area contributed by atoms with E-state index >= 15 is 0 Å². The van der Waals surface area contributed by atoms with Crippen LogP contribution in [0.1, 0.15) is 25.0 Å². The molecule has 5 nitrogen and oxygen atoms in total. The number of carboxylic acids is 1. The number of aromatic amines is 1. The second kappa shape index (κ2) is 3.47. The molecule has 1 rings (SSSR count). The number of aromatic nitrogens is 2. The van der Waals surface area contributed by atoms with Gasteiger partial charge in [-0.1, -0.05) is 6.92 Å². The largest absolute Gasteiger partial charge is 0.481 e. The summed E-state index contributed by atoms with van der Waals surface area (Å²) in [6, 6.07) is 1.32. The molecular formula is C8H12N2O3. The van der Waals surface area contributed by atoms with E-state index in [9.17, 15) is 9.59 Å². The van der Waals surface area contributed by atoms with Crippen molar-refractivity contribution >= 4 is 5.97 Å². The molecule has 0 radical (unpaired) electrons. The lowest BCUT2D eigenvalue weighted by molar-refractivity contribution is -0.139. The van der Waals surface area contributed by atoms with Gasteiger partial charge in [0.1, 0.15) is 0 Å². The lowest BCUT2D eigenvalue weighted by Crippen LogP contribution is -2.14. The number of nitrogens with one attached hydrogen (secondary N) is 1. The molecule has 0 aliphatic rings. The van der Waals surface area contributed by atoms with Crippen molar-refractivity contribution in [1.29, 1.82) is 0 Å². The zero-order valence-corrected chi connectivity index (χ0v) is 7.57. The number of H-pyrrole nitrogens is 1. The van der Waals surface area contributed by atoms with Gasteiger partial charge in [-0.05, 0) is 6.42 Å². The van der Waals surface area contributed by atoms with Gasteiger partial charge in [-0.2, -0.15) is 0 Å². The van der Waals surface area contributed by atoms with Crippen molar-refractivity contribution in [3.63, 3.8) is 0 Å². The van der Waals surface area contributed by atoms with E-state index in [4.69, 9.17) is 5.11 Å². The SMILES string of the molecule is CCC(C(=O)O)c1cc(=O)[nH]n1C. The van der Waals surface area contributed by atoms with Crippen molar-refractivity contribution in [3.8, 4) is 0 Å². The van der Waals surface area contributed by atoms with E-state index in [1.54, 1.807) is 14.0 Å². The monoisotopic (exact) mass is 184 g/mol. The minimum absolute atomic E-state index is 0.266. The smallest absolute Gasteiger partial charge is 0.312 e. The van der Waals surface area contributed by atoms with Gasteiger partial charge >= 0.3 is 5.97 Å². The Hall–Kier alpha value is -1.52. The highest BCUT2D eigenvalue weighted by Crippen LogP contribution is 2.16. The first-order valence-corrected chi connectivity index (χ1v) is 4.05. The summed E-state index contributed by atoms with van der Waals surface area (Å²) in [5, 5.41) is 11.3. The van der Waals surface area contributed by atoms with E-state index in [1.165, 1.54) is 10.7 Å². The topological polar surface area (TPSA) is 75.1 Å². The molecule has 1 heterocycles. The molecule has 1 atom stereocenters. The molecule has 0 saturated carbocycles. The fraction of sp³-hybridized carbons (Fsp3) is 0.500. The van der Waals surface area contributed by atoms with Crippen LogP contribution >= 0.6 is 0 Å². The lowest BCUT2D eigenvalue weighted by atomic mass is 10.0. The summed E-state index contributed by atoms with van der Waals surface area (Å²) >= 11 is 0. The van der Waals surface area contributed by atoms with Crippen LogP contribution in [0.2, 0.25) is 0 Å². The maximum atomic E-state index is 10.9. The number of hydrogen-bond acceptors (Lipinski definition) is 2. The summed E-state index contributed by atoms with van der Waals surface area (Å²) in [6.45, 7) is 1.77. The van der Waals surface area contributed by atoms with Gasteiger partial charge in [0.25, 0.3) is 5.56 Å². The zero-order valence-electron chi connectivity index (χ0n) is 7.57. The van der Waals surface area contributed by atoms with E-state index in [-0.39, 0.29) is 5.56 Å². The number of carboxylic acid groups (broad SMARTS) is 1. The summed E-state index contributed by atoms with van der Waals surface area (Å²) in [7, 11) is 1.63. The zero-order chi connectivity index (χ0) is 10.0. The molecule has 13 heavy (non-hydrogen) atoms. The molecule has 1 unspecified atom stereocenters. The number of nitrogens with zero attached hydrogens (tertiary/aromatic N) is 1. The molecule has 1 aromatic heterocycles. The summed E-state index contributed by atoms with van der Waals surface area (Å²) < 4.78 is 1.45. The summed E-state index contributed by atoms with van der Waals surface area (Å²) in [5.41, 5.74) is 0.247. The lowest BCUT2D eigenvalue weighted by Gasteiger charge is -2.09. The second-order valence-corrected chi connectivity index (χ2v) is 2.90. The first kappa shape index (κ1) is 9.57. The number of hydrogen-bond donors (Lipinski definition) is 2. The molecular weight excluding hydrogens is 172 g/mol. The van der Waals surface area contributed by atoms with Crippen LogP contribution in [0.15, 0.2) is 10.9 Å². The molecule has 0 bridgehead atoms. The number of aliphatic carboxylic acids is 1. The fourth-order valence-electron chi connectivity index (χ4n) is 1.34. The molecule has 72 valence electrons.